The molecule has 210 valence electrons. The Labute approximate surface area is 239 Å². The minimum Gasteiger partial charge on any atom is -0.488 e. The number of halogens is 1. The lowest BCUT2D eigenvalue weighted by molar-refractivity contribution is 0.0239. The molecule has 7 nitrogen and oxygen atoms in total. The number of benzene rings is 2. The highest BCUT2D eigenvalue weighted by molar-refractivity contribution is 7.75. The van der Waals surface area contributed by atoms with Gasteiger partial charge in [-0.1, -0.05) is 68.8 Å². The predicted molar refractivity (Wildman–Crippen MR) is 156 cm³/mol. The molecule has 1 fully saturated rings. The summed E-state index contributed by atoms with van der Waals surface area (Å²) >= 11 is 3.90. The van der Waals surface area contributed by atoms with E-state index in [9.17, 15) is 9.00 Å². The van der Waals surface area contributed by atoms with E-state index in [1.807, 2.05) is 12.1 Å². The number of carbonyl (C=O) groups is 1. The molecule has 1 aliphatic rings. The van der Waals surface area contributed by atoms with Gasteiger partial charge in [-0.15, -0.1) is 12.8 Å². The van der Waals surface area contributed by atoms with E-state index in [0.717, 1.165) is 31.4 Å². The van der Waals surface area contributed by atoms with E-state index < -0.39 is 23.6 Å². The highest BCUT2D eigenvalue weighted by atomic mass is 35.5. The minimum absolute atomic E-state index is 0.0287. The monoisotopic (exact) mass is 573 g/mol. The number of carbonyl (C=O) groups excluding carboxylic acids is 1. The van der Waals surface area contributed by atoms with Crippen molar-refractivity contribution in [3.8, 4) is 30.4 Å². The third kappa shape index (κ3) is 12.1. The Kier molecular flexibility index (Phi) is 13.4. The van der Waals surface area contributed by atoms with Crippen LogP contribution in [0.15, 0.2) is 48.5 Å². The first-order valence-electron chi connectivity index (χ1n) is 12.6. The van der Waals surface area contributed by atoms with Crippen LogP contribution < -0.4 is 10.1 Å². The van der Waals surface area contributed by atoms with Gasteiger partial charge in [0.25, 0.3) is 0 Å². The van der Waals surface area contributed by atoms with Crippen molar-refractivity contribution in [3.63, 3.8) is 0 Å². The third-order valence-corrected chi connectivity index (χ3v) is 6.63. The van der Waals surface area contributed by atoms with E-state index in [-0.39, 0.29) is 24.2 Å². The van der Waals surface area contributed by atoms with Crippen LogP contribution in [0, 0.1) is 24.7 Å². The summed E-state index contributed by atoms with van der Waals surface area (Å²) in [5.41, 5.74) is 1.94. The van der Waals surface area contributed by atoms with Crippen LogP contribution in [-0.2, 0) is 29.9 Å². The van der Waals surface area contributed by atoms with Crippen molar-refractivity contribution in [2.75, 3.05) is 11.9 Å². The van der Waals surface area contributed by atoms with Gasteiger partial charge in [0.15, 0.2) is 6.10 Å². The molecule has 0 saturated heterocycles. The van der Waals surface area contributed by atoms with E-state index in [2.05, 4.69) is 50.1 Å². The van der Waals surface area contributed by atoms with Crippen LogP contribution in [0.1, 0.15) is 58.9 Å². The maximum Gasteiger partial charge on any atom is 0.412 e. The molecule has 1 saturated carbocycles. The summed E-state index contributed by atoms with van der Waals surface area (Å²) in [5.74, 6) is 5.37. The first-order valence-corrected chi connectivity index (χ1v) is 14.0. The summed E-state index contributed by atoms with van der Waals surface area (Å²) in [6.45, 7) is 8.12. The number of terminal acetylenes is 2. The van der Waals surface area contributed by atoms with Gasteiger partial charge < -0.3 is 9.47 Å². The molecule has 1 amide bonds. The van der Waals surface area contributed by atoms with Gasteiger partial charge in [-0.25, -0.2) is 4.79 Å². The molecule has 2 aromatic carbocycles. The van der Waals surface area contributed by atoms with Crippen LogP contribution >= 0.6 is 11.6 Å². The Morgan fingerprint density at radius 2 is 1.79 bits per heavy atom. The second-order valence-electron chi connectivity index (χ2n) is 9.87. The summed E-state index contributed by atoms with van der Waals surface area (Å²) in [5, 5.41) is 3.05. The van der Waals surface area contributed by atoms with Crippen LogP contribution in [0.2, 0.25) is 5.02 Å². The van der Waals surface area contributed by atoms with Crippen molar-refractivity contribution in [2.24, 2.45) is 0 Å². The van der Waals surface area contributed by atoms with Crippen molar-refractivity contribution in [1.82, 2.24) is 0 Å². The average molecular weight is 574 g/mol. The van der Waals surface area contributed by atoms with E-state index in [1.165, 1.54) is 5.56 Å². The SMILES string of the molecule is C#CC(C)OC(=O)Nc1cccc(Cl)c1.C#CCOS(=O)OC1CCCCC1Oc1ccc(C(C)(C)C)cc1. The summed E-state index contributed by atoms with van der Waals surface area (Å²) < 4.78 is 33.0. The largest absolute Gasteiger partial charge is 0.488 e. The molecule has 2 aromatic rings. The fourth-order valence-corrected chi connectivity index (χ4v) is 4.47. The lowest BCUT2D eigenvalue weighted by atomic mass is 9.87. The average Bonchev–Trinajstić information content (AvgIpc) is 2.88. The molecule has 0 aliphatic heterocycles. The van der Waals surface area contributed by atoms with Crippen LogP contribution in [-0.4, -0.2) is 35.2 Å². The molecule has 1 N–H and O–H groups in total. The zero-order valence-corrected chi connectivity index (χ0v) is 24.3. The molecule has 4 unspecified atom stereocenters. The maximum absolute atomic E-state index is 11.7. The number of amides is 1. The van der Waals surface area contributed by atoms with Gasteiger partial charge in [0.05, 0.1) is 0 Å². The van der Waals surface area contributed by atoms with Gasteiger partial charge in [0.2, 0.25) is 0 Å². The number of anilines is 1. The van der Waals surface area contributed by atoms with Gasteiger partial charge in [0.1, 0.15) is 24.6 Å². The highest BCUT2D eigenvalue weighted by Crippen LogP contribution is 2.29. The van der Waals surface area contributed by atoms with Crippen molar-refractivity contribution >= 4 is 34.7 Å². The van der Waals surface area contributed by atoms with E-state index >= 15 is 0 Å². The number of ether oxygens (including phenoxy) is 2. The van der Waals surface area contributed by atoms with Gasteiger partial charge in [-0.2, -0.15) is 4.21 Å². The van der Waals surface area contributed by atoms with E-state index in [0.29, 0.717) is 10.7 Å². The van der Waals surface area contributed by atoms with Crippen LogP contribution in [0.5, 0.6) is 5.75 Å². The Hall–Kier alpha value is -3.01. The molecule has 0 bridgehead atoms. The van der Waals surface area contributed by atoms with Gasteiger partial charge in [-0.05, 0) is 67.5 Å². The lowest BCUT2D eigenvalue weighted by Crippen LogP contribution is -2.37. The second-order valence-corrected chi connectivity index (χ2v) is 11.1. The summed E-state index contributed by atoms with van der Waals surface area (Å²) in [7, 11) is 0. The summed E-state index contributed by atoms with van der Waals surface area (Å²) in [6, 6.07) is 14.9. The van der Waals surface area contributed by atoms with Crippen LogP contribution in [0.25, 0.3) is 0 Å². The second kappa shape index (κ2) is 16.2. The van der Waals surface area contributed by atoms with Gasteiger partial charge >= 0.3 is 17.5 Å². The number of rotatable bonds is 8. The van der Waals surface area contributed by atoms with Gasteiger partial charge in [-0.3, -0.25) is 13.7 Å². The highest BCUT2D eigenvalue weighted by Gasteiger charge is 2.30. The van der Waals surface area contributed by atoms with Crippen molar-refractivity contribution < 1.29 is 26.8 Å². The molecule has 3 rings (SSSR count). The Morgan fingerprint density at radius 3 is 2.38 bits per heavy atom. The molecule has 0 radical (unpaired) electrons. The molecule has 4 atom stereocenters. The molecule has 9 heteroatoms. The zero-order chi connectivity index (χ0) is 28.8. The molecule has 39 heavy (non-hydrogen) atoms. The normalized spacial score (nSPS) is 18.2. The van der Waals surface area contributed by atoms with Crippen molar-refractivity contribution in [3.05, 3.63) is 59.1 Å². The number of hydrogen-bond acceptors (Lipinski definition) is 6. The fraction of sp³-hybridized carbons (Fsp3) is 0.433. The molecule has 0 spiro atoms. The van der Waals surface area contributed by atoms with Crippen LogP contribution in [0.4, 0.5) is 10.5 Å². The molecule has 0 aromatic heterocycles. The topological polar surface area (TPSA) is 83.1 Å². The fourth-order valence-electron chi connectivity index (χ4n) is 3.63. The number of hydrogen-bond donors (Lipinski definition) is 1. The minimum atomic E-state index is -1.83. The molecule has 0 heterocycles. The molecular weight excluding hydrogens is 538 g/mol. The maximum atomic E-state index is 11.7. The Morgan fingerprint density at radius 1 is 1.13 bits per heavy atom. The standard InChI is InChI=1S/C19H26O4S.C11H10ClNO2/c1-5-14-21-24(20)23-18-9-7-6-8-17(18)22-16-12-10-15(11-13-16)19(2,3)4;1-3-8(2)15-11(14)13-10-6-4-5-9(12)7-10/h1,10-13,17-18H,6-9,14H2,2-4H3;1,4-8H,2H3,(H,13,14). The first-order chi connectivity index (χ1) is 18.5. The molecule has 1 aliphatic carbocycles. The number of nitrogens with one attached hydrogen (secondary N) is 1. The summed E-state index contributed by atoms with van der Waals surface area (Å²) in [6.07, 6.45) is 12.4. The third-order valence-electron chi connectivity index (χ3n) is 5.68. The zero-order valence-electron chi connectivity index (χ0n) is 22.8. The summed E-state index contributed by atoms with van der Waals surface area (Å²) in [4.78, 5) is 11.2. The van der Waals surface area contributed by atoms with E-state index in [1.54, 1.807) is 31.2 Å². The lowest BCUT2D eigenvalue weighted by Gasteiger charge is -2.30. The van der Waals surface area contributed by atoms with Crippen molar-refractivity contribution in [2.45, 2.75) is 77.1 Å². The van der Waals surface area contributed by atoms with Crippen LogP contribution in [0.3, 0.4) is 0 Å². The van der Waals surface area contributed by atoms with E-state index in [4.69, 9.17) is 42.3 Å². The predicted octanol–water partition coefficient (Wildman–Crippen LogP) is 6.83. The van der Waals surface area contributed by atoms with Crippen molar-refractivity contribution in [1.29, 1.82) is 0 Å². The Bertz CT molecular complexity index is 1170. The van der Waals surface area contributed by atoms with Gasteiger partial charge in [0, 0.05) is 10.7 Å². The smallest absolute Gasteiger partial charge is 0.412 e. The Balaban J connectivity index is 0.000000306. The molecular formula is C30H36ClNO6S. The quantitative estimate of drug-likeness (QED) is 0.349. The first kappa shape index (κ1) is 32.2.